The van der Waals surface area contributed by atoms with E-state index in [4.69, 9.17) is 11.6 Å². The van der Waals surface area contributed by atoms with Crippen LogP contribution in [0.4, 0.5) is 4.79 Å². The van der Waals surface area contributed by atoms with E-state index in [1.165, 1.54) is 0 Å². The molecule has 0 atom stereocenters. The molecule has 0 amide bonds. The normalized spacial score (nSPS) is 15.9. The summed E-state index contributed by atoms with van der Waals surface area (Å²) >= 11 is 4.98. The Morgan fingerprint density at radius 3 is 3.00 bits per heavy atom. The first-order valence-corrected chi connectivity index (χ1v) is 3.84. The van der Waals surface area contributed by atoms with E-state index in [0.717, 1.165) is 18.4 Å². The average molecular weight is 173 g/mol. The molecular weight excluding hydrogens is 164 g/mol. The Hall–Kier alpha value is -0.760. The second-order valence-corrected chi connectivity index (χ2v) is 2.59. The van der Waals surface area contributed by atoms with Gasteiger partial charge in [0.15, 0.2) is 0 Å². The van der Waals surface area contributed by atoms with Gasteiger partial charge < -0.3 is 4.74 Å². The molecule has 0 bridgehead atoms. The molecular formula is C8H9ClO2. The van der Waals surface area contributed by atoms with Gasteiger partial charge in [0.25, 0.3) is 0 Å². The molecule has 0 heterocycles. The summed E-state index contributed by atoms with van der Waals surface area (Å²) in [6, 6.07) is 0. The number of carbonyl (C=O) groups is 1. The first kappa shape index (κ1) is 8.34. The second-order valence-electron chi connectivity index (χ2n) is 2.29. The van der Waals surface area contributed by atoms with Crippen molar-refractivity contribution in [2.24, 2.45) is 0 Å². The van der Waals surface area contributed by atoms with Crippen LogP contribution < -0.4 is 0 Å². The van der Waals surface area contributed by atoms with Crippen molar-refractivity contribution in [2.75, 3.05) is 6.61 Å². The molecule has 0 spiro atoms. The van der Waals surface area contributed by atoms with Crippen LogP contribution in [0, 0.1) is 0 Å². The molecule has 0 aromatic rings. The lowest BCUT2D eigenvalue weighted by Crippen LogP contribution is -1.99. The molecule has 60 valence electrons. The number of carbonyl (C=O) groups excluding carboxylic acids is 1. The van der Waals surface area contributed by atoms with Crippen LogP contribution in [0.25, 0.3) is 0 Å². The molecule has 2 nitrogen and oxygen atoms in total. The van der Waals surface area contributed by atoms with Gasteiger partial charge in [0.1, 0.15) is 6.61 Å². The summed E-state index contributed by atoms with van der Waals surface area (Å²) in [4.78, 5) is 10.2. The molecule has 0 unspecified atom stereocenters. The number of halogens is 1. The van der Waals surface area contributed by atoms with Gasteiger partial charge >= 0.3 is 5.43 Å². The monoisotopic (exact) mass is 172 g/mol. The summed E-state index contributed by atoms with van der Waals surface area (Å²) in [7, 11) is 0. The Kier molecular flexibility index (Phi) is 3.17. The molecule has 0 saturated heterocycles. The smallest absolute Gasteiger partial charge is 0.404 e. The zero-order valence-electron chi connectivity index (χ0n) is 6.05. The van der Waals surface area contributed by atoms with Crippen LogP contribution >= 0.6 is 11.6 Å². The highest BCUT2D eigenvalue weighted by Gasteiger charge is 1.99. The Labute approximate surface area is 70.5 Å². The van der Waals surface area contributed by atoms with Gasteiger partial charge in [0, 0.05) is 11.6 Å². The quantitative estimate of drug-likeness (QED) is 0.599. The maximum absolute atomic E-state index is 10.2. The fourth-order valence-electron chi connectivity index (χ4n) is 0.915. The lowest BCUT2D eigenvalue weighted by Gasteiger charge is -2.05. The van der Waals surface area contributed by atoms with E-state index in [0.29, 0.717) is 6.61 Å². The van der Waals surface area contributed by atoms with Gasteiger partial charge in [-0.15, -0.1) is 0 Å². The number of hydrogen-bond acceptors (Lipinski definition) is 2. The van der Waals surface area contributed by atoms with Crippen LogP contribution in [0.5, 0.6) is 0 Å². The third-order valence-corrected chi connectivity index (χ3v) is 1.53. The van der Waals surface area contributed by atoms with Crippen molar-refractivity contribution in [3.63, 3.8) is 0 Å². The van der Waals surface area contributed by atoms with E-state index in [1.54, 1.807) is 0 Å². The molecule has 0 radical (unpaired) electrons. The minimum absolute atomic E-state index is 0.291. The van der Waals surface area contributed by atoms with Crippen LogP contribution in [0.2, 0.25) is 0 Å². The number of allylic oxidation sites excluding steroid dienone is 2. The molecule has 0 aliphatic heterocycles. The molecule has 11 heavy (non-hydrogen) atoms. The minimum atomic E-state index is -0.745. The highest BCUT2D eigenvalue weighted by Crippen LogP contribution is 2.09. The molecule has 0 aromatic heterocycles. The van der Waals surface area contributed by atoms with Crippen LogP contribution in [0.1, 0.15) is 12.8 Å². The van der Waals surface area contributed by atoms with Gasteiger partial charge in [0.2, 0.25) is 0 Å². The second kappa shape index (κ2) is 4.19. The van der Waals surface area contributed by atoms with Crippen molar-refractivity contribution in [1.82, 2.24) is 0 Å². The summed E-state index contributed by atoms with van der Waals surface area (Å²) in [5.41, 5.74) is 0.273. The van der Waals surface area contributed by atoms with Crippen molar-refractivity contribution in [2.45, 2.75) is 12.8 Å². The maximum Gasteiger partial charge on any atom is 0.404 e. The lowest BCUT2D eigenvalue weighted by atomic mass is 10.1. The standard InChI is InChI=1S/C8H9ClO2/c9-8(10)11-6-7-4-2-1-3-5-7/h2,4-5H,1,3,6H2. The first-order chi connectivity index (χ1) is 5.29. The lowest BCUT2D eigenvalue weighted by molar-refractivity contribution is 0.184. The van der Waals surface area contributed by atoms with Crippen LogP contribution in [0.3, 0.4) is 0 Å². The third kappa shape index (κ3) is 3.23. The van der Waals surface area contributed by atoms with Crippen molar-refractivity contribution < 1.29 is 9.53 Å². The highest BCUT2D eigenvalue weighted by molar-refractivity contribution is 6.61. The number of ether oxygens (including phenoxy) is 1. The number of rotatable bonds is 2. The molecule has 0 aromatic carbocycles. The fraction of sp³-hybridized carbons (Fsp3) is 0.375. The minimum Gasteiger partial charge on any atom is -0.449 e. The molecule has 1 rings (SSSR count). The van der Waals surface area contributed by atoms with Gasteiger partial charge in [-0.1, -0.05) is 18.2 Å². The van der Waals surface area contributed by atoms with E-state index >= 15 is 0 Å². The van der Waals surface area contributed by atoms with Gasteiger partial charge in [-0.3, -0.25) is 0 Å². The first-order valence-electron chi connectivity index (χ1n) is 3.47. The van der Waals surface area contributed by atoms with Crippen molar-refractivity contribution in [3.05, 3.63) is 23.8 Å². The molecule has 3 heteroatoms. The SMILES string of the molecule is O=C(Cl)OCC1=CCCC=C1. The van der Waals surface area contributed by atoms with Crippen molar-refractivity contribution in [3.8, 4) is 0 Å². The van der Waals surface area contributed by atoms with Gasteiger partial charge in [-0.2, -0.15) is 0 Å². The summed E-state index contributed by atoms with van der Waals surface area (Å²) in [5, 5.41) is 0. The van der Waals surface area contributed by atoms with E-state index in [9.17, 15) is 4.79 Å². The zero-order chi connectivity index (χ0) is 8.10. The van der Waals surface area contributed by atoms with E-state index in [1.807, 2.05) is 12.2 Å². The van der Waals surface area contributed by atoms with E-state index < -0.39 is 5.43 Å². The predicted octanol–water partition coefficient (Wildman–Crippen LogP) is 2.64. The van der Waals surface area contributed by atoms with Crippen LogP contribution in [-0.4, -0.2) is 12.0 Å². The topological polar surface area (TPSA) is 26.3 Å². The molecule has 0 N–H and O–H groups in total. The summed E-state index contributed by atoms with van der Waals surface area (Å²) in [6.07, 6.45) is 8.13. The Morgan fingerprint density at radius 1 is 1.64 bits per heavy atom. The van der Waals surface area contributed by atoms with E-state index in [2.05, 4.69) is 10.8 Å². The van der Waals surface area contributed by atoms with Crippen LogP contribution in [0.15, 0.2) is 23.8 Å². The predicted molar refractivity (Wildman–Crippen MR) is 43.7 cm³/mol. The third-order valence-electron chi connectivity index (χ3n) is 1.42. The Bertz CT molecular complexity index is 206. The fourth-order valence-corrected chi connectivity index (χ4v) is 0.969. The highest BCUT2D eigenvalue weighted by atomic mass is 35.5. The van der Waals surface area contributed by atoms with Crippen LogP contribution in [-0.2, 0) is 4.74 Å². The zero-order valence-corrected chi connectivity index (χ0v) is 6.80. The maximum atomic E-state index is 10.2. The van der Waals surface area contributed by atoms with Crippen molar-refractivity contribution >= 4 is 17.0 Å². The van der Waals surface area contributed by atoms with Gasteiger partial charge in [-0.05, 0) is 18.4 Å². The summed E-state index contributed by atoms with van der Waals surface area (Å²) in [6.45, 7) is 0.291. The summed E-state index contributed by atoms with van der Waals surface area (Å²) in [5.74, 6) is 0. The Balaban J connectivity index is 2.31. The Morgan fingerprint density at radius 2 is 2.45 bits per heavy atom. The molecule has 0 saturated carbocycles. The number of hydrogen-bond donors (Lipinski definition) is 0. The summed E-state index contributed by atoms with van der Waals surface area (Å²) < 4.78 is 4.59. The molecule has 1 aliphatic rings. The van der Waals surface area contributed by atoms with E-state index in [-0.39, 0.29) is 0 Å². The van der Waals surface area contributed by atoms with Gasteiger partial charge in [-0.25, -0.2) is 4.79 Å². The molecule has 0 fully saturated rings. The molecule has 1 aliphatic carbocycles. The largest absolute Gasteiger partial charge is 0.449 e. The average Bonchev–Trinajstić information content (AvgIpc) is 2.03. The van der Waals surface area contributed by atoms with Crippen molar-refractivity contribution in [1.29, 1.82) is 0 Å². The van der Waals surface area contributed by atoms with Gasteiger partial charge in [0.05, 0.1) is 0 Å².